The summed E-state index contributed by atoms with van der Waals surface area (Å²) in [7, 11) is 0. The van der Waals surface area contributed by atoms with Crippen molar-refractivity contribution in [2.45, 2.75) is 51.0 Å². The van der Waals surface area contributed by atoms with Gasteiger partial charge in [0, 0.05) is 23.0 Å². The molecule has 27 heavy (non-hydrogen) atoms. The van der Waals surface area contributed by atoms with Gasteiger partial charge in [-0.25, -0.2) is 0 Å². The van der Waals surface area contributed by atoms with E-state index in [2.05, 4.69) is 16.3 Å². The Kier molecular flexibility index (Phi) is 4.27. The van der Waals surface area contributed by atoms with E-state index in [1.807, 2.05) is 24.3 Å². The summed E-state index contributed by atoms with van der Waals surface area (Å²) in [5.74, 6) is 0.537. The van der Waals surface area contributed by atoms with Crippen molar-refractivity contribution in [1.82, 2.24) is 4.90 Å². The summed E-state index contributed by atoms with van der Waals surface area (Å²) in [5, 5.41) is 3.12. The summed E-state index contributed by atoms with van der Waals surface area (Å²) in [6, 6.07) is 10.3. The number of benzene rings is 1. The highest BCUT2D eigenvalue weighted by molar-refractivity contribution is 7.14. The summed E-state index contributed by atoms with van der Waals surface area (Å²) >= 11 is 1.54. The van der Waals surface area contributed by atoms with Crippen molar-refractivity contribution in [3.05, 3.63) is 51.2 Å². The van der Waals surface area contributed by atoms with Gasteiger partial charge in [0.1, 0.15) is 0 Å². The zero-order valence-corrected chi connectivity index (χ0v) is 16.2. The number of fused-ring (bicyclic) bond motifs is 1. The lowest BCUT2D eigenvalue weighted by atomic mass is 10.1. The molecule has 1 aromatic carbocycles. The van der Waals surface area contributed by atoms with Gasteiger partial charge in [0.05, 0.1) is 10.9 Å². The van der Waals surface area contributed by atoms with Gasteiger partial charge < -0.3 is 10.2 Å². The Hall–Kier alpha value is -2.14. The first-order valence-corrected chi connectivity index (χ1v) is 10.8. The van der Waals surface area contributed by atoms with Crippen LogP contribution in [0.15, 0.2) is 30.3 Å². The number of hydrogen-bond acceptors (Lipinski definition) is 3. The quantitative estimate of drug-likeness (QED) is 0.845. The average Bonchev–Trinajstić information content (AvgIpc) is 3.08. The molecule has 5 rings (SSSR count). The molecular weight excluding hydrogens is 356 g/mol. The molecule has 1 atom stereocenters. The Balaban J connectivity index is 1.32. The van der Waals surface area contributed by atoms with E-state index in [1.165, 1.54) is 22.5 Å². The van der Waals surface area contributed by atoms with Crippen LogP contribution < -0.4 is 5.32 Å². The van der Waals surface area contributed by atoms with E-state index in [0.29, 0.717) is 5.91 Å². The van der Waals surface area contributed by atoms with E-state index < -0.39 is 0 Å². The van der Waals surface area contributed by atoms with Crippen molar-refractivity contribution in [3.63, 3.8) is 0 Å². The van der Waals surface area contributed by atoms with Crippen molar-refractivity contribution in [2.75, 3.05) is 11.9 Å². The Morgan fingerprint density at radius 1 is 1.04 bits per heavy atom. The normalized spacial score (nSPS) is 21.3. The number of hydrogen-bond donors (Lipinski definition) is 1. The molecule has 1 aliphatic heterocycles. The zero-order chi connectivity index (χ0) is 18.4. The van der Waals surface area contributed by atoms with Gasteiger partial charge in [-0.1, -0.05) is 12.1 Å². The van der Waals surface area contributed by atoms with Crippen LogP contribution in [0, 0.1) is 5.92 Å². The molecule has 1 saturated heterocycles. The molecular formula is C22H24N2O2S. The molecule has 2 aromatic rings. The van der Waals surface area contributed by atoms with Crippen LogP contribution in [0.1, 0.15) is 63.8 Å². The molecule has 2 fully saturated rings. The lowest BCUT2D eigenvalue weighted by Crippen LogP contribution is -2.31. The number of carbonyl (C=O) groups is 2. The molecule has 0 radical (unpaired) electrons. The van der Waals surface area contributed by atoms with Crippen LogP contribution in [-0.4, -0.2) is 23.3 Å². The van der Waals surface area contributed by atoms with Gasteiger partial charge in [-0.15, -0.1) is 11.3 Å². The molecule has 0 unspecified atom stereocenters. The van der Waals surface area contributed by atoms with Crippen molar-refractivity contribution in [3.8, 4) is 0 Å². The highest BCUT2D eigenvalue weighted by Crippen LogP contribution is 2.40. The topological polar surface area (TPSA) is 49.4 Å². The maximum absolute atomic E-state index is 12.8. The van der Waals surface area contributed by atoms with E-state index >= 15 is 0 Å². The SMILES string of the molecule is O=C(Nc1cccc2c1CCC2)c1ccc([C@@H]2CCCN2C(=O)C2CC2)s1. The second-order valence-electron chi connectivity index (χ2n) is 7.92. The number of nitrogens with one attached hydrogen (secondary N) is 1. The first-order chi connectivity index (χ1) is 13.2. The third kappa shape index (κ3) is 3.18. The third-order valence-corrected chi connectivity index (χ3v) is 7.22. The standard InChI is InChI=1S/C22H24N2O2S/c25-21(23-17-7-2-5-14-4-1-6-16(14)17)20-12-11-19(27-20)18-8-3-13-24(18)22(26)15-9-10-15/h2,5,7,11-12,15,18H,1,3-4,6,8-10,13H2,(H,23,25)/t18-/m0/s1. The van der Waals surface area contributed by atoms with E-state index in [1.54, 1.807) is 0 Å². The number of carbonyl (C=O) groups excluding carboxylic acids is 2. The van der Waals surface area contributed by atoms with Gasteiger partial charge in [0.15, 0.2) is 0 Å². The third-order valence-electron chi connectivity index (χ3n) is 6.04. The van der Waals surface area contributed by atoms with E-state index in [0.717, 1.165) is 66.9 Å². The first-order valence-electron chi connectivity index (χ1n) is 10.0. The molecule has 2 heterocycles. The number of likely N-dealkylation sites (tertiary alicyclic amines) is 1. The van der Waals surface area contributed by atoms with Gasteiger partial charge >= 0.3 is 0 Å². The zero-order valence-electron chi connectivity index (χ0n) is 15.4. The number of nitrogens with zero attached hydrogens (tertiary/aromatic N) is 1. The highest BCUT2D eigenvalue weighted by Gasteiger charge is 2.39. The maximum atomic E-state index is 12.8. The second-order valence-corrected chi connectivity index (χ2v) is 9.03. The largest absolute Gasteiger partial charge is 0.335 e. The monoisotopic (exact) mass is 380 g/mol. The number of thiophene rings is 1. The molecule has 140 valence electrons. The molecule has 2 amide bonds. The van der Waals surface area contributed by atoms with Crippen LogP contribution in [-0.2, 0) is 17.6 Å². The van der Waals surface area contributed by atoms with Crippen molar-refractivity contribution in [2.24, 2.45) is 5.92 Å². The van der Waals surface area contributed by atoms with Crippen LogP contribution in [0.4, 0.5) is 5.69 Å². The van der Waals surface area contributed by atoms with E-state index in [-0.39, 0.29) is 17.9 Å². The lowest BCUT2D eigenvalue weighted by molar-refractivity contribution is -0.133. The Labute approximate surface area is 163 Å². The van der Waals surface area contributed by atoms with Gasteiger partial charge in [-0.3, -0.25) is 9.59 Å². The predicted molar refractivity (Wildman–Crippen MR) is 107 cm³/mol. The summed E-state index contributed by atoms with van der Waals surface area (Å²) in [6.07, 6.45) is 7.46. The van der Waals surface area contributed by atoms with Crippen LogP contribution in [0.5, 0.6) is 0 Å². The Morgan fingerprint density at radius 2 is 1.93 bits per heavy atom. The molecule has 0 bridgehead atoms. The smallest absolute Gasteiger partial charge is 0.265 e. The molecule has 3 aliphatic rings. The minimum absolute atomic E-state index is 0.0374. The predicted octanol–water partition coefficient (Wildman–Crippen LogP) is 4.56. The maximum Gasteiger partial charge on any atom is 0.265 e. The van der Waals surface area contributed by atoms with E-state index in [4.69, 9.17) is 0 Å². The Morgan fingerprint density at radius 3 is 2.78 bits per heavy atom. The average molecular weight is 381 g/mol. The summed E-state index contributed by atoms with van der Waals surface area (Å²) in [6.45, 7) is 0.857. The number of aryl methyl sites for hydroxylation is 1. The summed E-state index contributed by atoms with van der Waals surface area (Å²) in [5.41, 5.74) is 3.61. The molecule has 1 N–H and O–H groups in total. The fourth-order valence-corrected chi connectivity index (χ4v) is 5.52. The highest BCUT2D eigenvalue weighted by atomic mass is 32.1. The van der Waals surface area contributed by atoms with Crippen molar-refractivity contribution < 1.29 is 9.59 Å². The molecule has 1 saturated carbocycles. The molecule has 4 nitrogen and oxygen atoms in total. The van der Waals surface area contributed by atoms with Crippen LogP contribution in [0.3, 0.4) is 0 Å². The molecule has 0 spiro atoms. The fourth-order valence-electron chi connectivity index (χ4n) is 4.47. The summed E-state index contributed by atoms with van der Waals surface area (Å²) in [4.78, 5) is 29.2. The number of rotatable bonds is 4. The van der Waals surface area contributed by atoms with Gasteiger partial charge in [-0.05, 0) is 74.3 Å². The van der Waals surface area contributed by atoms with Crippen molar-refractivity contribution >= 4 is 28.8 Å². The molecule has 1 aromatic heterocycles. The van der Waals surface area contributed by atoms with Crippen LogP contribution in [0.25, 0.3) is 0 Å². The minimum atomic E-state index is -0.0374. The fraction of sp³-hybridized carbons (Fsp3) is 0.455. The number of amides is 2. The van der Waals surface area contributed by atoms with Gasteiger partial charge in [0.2, 0.25) is 5.91 Å². The van der Waals surface area contributed by atoms with Crippen LogP contribution >= 0.6 is 11.3 Å². The van der Waals surface area contributed by atoms with E-state index in [9.17, 15) is 9.59 Å². The second kappa shape index (κ2) is 6.79. The minimum Gasteiger partial charge on any atom is -0.335 e. The Bertz CT molecular complexity index is 899. The first kappa shape index (κ1) is 17.0. The van der Waals surface area contributed by atoms with Crippen molar-refractivity contribution in [1.29, 1.82) is 0 Å². The molecule has 5 heteroatoms. The van der Waals surface area contributed by atoms with Crippen LogP contribution in [0.2, 0.25) is 0 Å². The molecule has 2 aliphatic carbocycles. The summed E-state index contributed by atoms with van der Waals surface area (Å²) < 4.78 is 0. The lowest BCUT2D eigenvalue weighted by Gasteiger charge is -2.23. The van der Waals surface area contributed by atoms with Gasteiger partial charge in [-0.2, -0.15) is 0 Å². The number of anilines is 1. The van der Waals surface area contributed by atoms with Gasteiger partial charge in [0.25, 0.3) is 5.91 Å².